The van der Waals surface area contributed by atoms with Crippen molar-refractivity contribution in [2.75, 3.05) is 13.1 Å². The van der Waals surface area contributed by atoms with Gasteiger partial charge in [-0.15, -0.1) is 0 Å². The average molecular weight is 445 g/mol. The van der Waals surface area contributed by atoms with E-state index in [9.17, 15) is 22.8 Å². The lowest BCUT2D eigenvalue weighted by Crippen LogP contribution is -2.46. The molecule has 2 aromatic rings. The minimum atomic E-state index is -4.44. The fraction of sp³-hybridized carbons (Fsp3) is 0.300. The van der Waals surface area contributed by atoms with E-state index in [1.54, 1.807) is 17.0 Å². The van der Waals surface area contributed by atoms with Gasteiger partial charge < -0.3 is 10.2 Å². The van der Waals surface area contributed by atoms with Gasteiger partial charge >= 0.3 is 6.18 Å². The molecule has 3 rings (SSSR count). The highest BCUT2D eigenvalue weighted by Gasteiger charge is 2.31. The van der Waals surface area contributed by atoms with Gasteiger partial charge in [-0.3, -0.25) is 9.59 Å². The molecule has 0 unspecified atom stereocenters. The summed E-state index contributed by atoms with van der Waals surface area (Å²) in [4.78, 5) is 26.4. The maximum Gasteiger partial charge on any atom is 0.416 e. The van der Waals surface area contributed by atoms with Gasteiger partial charge in [-0.1, -0.05) is 23.2 Å². The quantitative estimate of drug-likeness (QED) is 0.720. The Morgan fingerprint density at radius 2 is 1.52 bits per heavy atom. The molecule has 2 amide bonds. The van der Waals surface area contributed by atoms with Crippen molar-refractivity contribution in [3.05, 3.63) is 69.2 Å². The second-order valence-corrected chi connectivity index (χ2v) is 7.56. The second kappa shape index (κ2) is 8.63. The van der Waals surface area contributed by atoms with Gasteiger partial charge in [0.25, 0.3) is 11.8 Å². The predicted octanol–water partition coefficient (Wildman–Crippen LogP) is 5.05. The summed E-state index contributed by atoms with van der Waals surface area (Å²) in [6.07, 6.45) is -3.36. The van der Waals surface area contributed by atoms with Crippen LogP contribution >= 0.6 is 23.2 Å². The third-order valence-corrected chi connectivity index (χ3v) is 5.50. The number of nitrogens with one attached hydrogen (secondary N) is 1. The number of likely N-dealkylation sites (tertiary alicyclic amines) is 1. The molecule has 0 saturated carbocycles. The summed E-state index contributed by atoms with van der Waals surface area (Å²) in [5, 5.41) is 3.55. The summed E-state index contributed by atoms with van der Waals surface area (Å²) in [7, 11) is 0. The lowest BCUT2D eigenvalue weighted by molar-refractivity contribution is -0.137. The van der Waals surface area contributed by atoms with Gasteiger partial charge in [-0.05, 0) is 55.3 Å². The summed E-state index contributed by atoms with van der Waals surface area (Å²) < 4.78 is 37.9. The monoisotopic (exact) mass is 444 g/mol. The Labute approximate surface area is 175 Å². The molecular weight excluding hydrogens is 428 g/mol. The minimum absolute atomic E-state index is 0.117. The predicted molar refractivity (Wildman–Crippen MR) is 104 cm³/mol. The van der Waals surface area contributed by atoms with Crippen molar-refractivity contribution < 1.29 is 22.8 Å². The Bertz CT molecular complexity index is 909. The molecule has 0 radical (unpaired) electrons. The SMILES string of the molecule is O=C(NC1CCN(C(=O)c2ccc(C(F)(F)F)cc2)CC1)c1ccc(Cl)c(Cl)c1. The van der Waals surface area contributed by atoms with Gasteiger partial charge in [0.1, 0.15) is 0 Å². The van der Waals surface area contributed by atoms with Crippen molar-refractivity contribution >= 4 is 35.0 Å². The summed E-state index contributed by atoms with van der Waals surface area (Å²) >= 11 is 11.8. The smallest absolute Gasteiger partial charge is 0.349 e. The van der Waals surface area contributed by atoms with Crippen molar-refractivity contribution in [2.45, 2.75) is 25.1 Å². The fourth-order valence-corrected chi connectivity index (χ4v) is 3.42. The van der Waals surface area contributed by atoms with Crippen LogP contribution in [0.15, 0.2) is 42.5 Å². The van der Waals surface area contributed by atoms with Crippen LogP contribution < -0.4 is 5.32 Å². The van der Waals surface area contributed by atoms with Gasteiger partial charge in [0.15, 0.2) is 0 Å². The van der Waals surface area contributed by atoms with Crippen molar-refractivity contribution in [3.63, 3.8) is 0 Å². The van der Waals surface area contributed by atoms with Crippen LogP contribution in [0.1, 0.15) is 39.1 Å². The first-order valence-corrected chi connectivity index (χ1v) is 9.63. The number of rotatable bonds is 3. The molecule has 4 nitrogen and oxygen atoms in total. The van der Waals surface area contributed by atoms with Crippen LogP contribution in [0.2, 0.25) is 10.0 Å². The lowest BCUT2D eigenvalue weighted by atomic mass is 10.0. The molecule has 1 aliphatic heterocycles. The van der Waals surface area contributed by atoms with Crippen LogP contribution in [0.3, 0.4) is 0 Å². The zero-order valence-electron chi connectivity index (χ0n) is 15.1. The number of hydrogen-bond acceptors (Lipinski definition) is 2. The Balaban J connectivity index is 1.55. The first kappa shape index (κ1) is 21.5. The number of carbonyl (C=O) groups excluding carboxylic acids is 2. The number of alkyl halides is 3. The zero-order chi connectivity index (χ0) is 21.2. The summed E-state index contributed by atoms with van der Waals surface area (Å²) in [6.45, 7) is 0.790. The molecule has 9 heteroatoms. The van der Waals surface area contributed by atoms with Crippen LogP contribution in [0.4, 0.5) is 13.2 Å². The van der Waals surface area contributed by atoms with Crippen molar-refractivity contribution in [2.24, 2.45) is 0 Å². The van der Waals surface area contributed by atoms with Gasteiger partial charge in [-0.25, -0.2) is 0 Å². The van der Waals surface area contributed by atoms with Crippen LogP contribution in [0, 0.1) is 0 Å². The molecule has 0 atom stereocenters. The van der Waals surface area contributed by atoms with E-state index in [4.69, 9.17) is 23.2 Å². The number of piperidine rings is 1. The highest BCUT2D eigenvalue weighted by molar-refractivity contribution is 6.42. The van der Waals surface area contributed by atoms with Gasteiger partial charge in [0, 0.05) is 30.3 Å². The van der Waals surface area contributed by atoms with E-state index in [1.807, 2.05) is 0 Å². The van der Waals surface area contributed by atoms with Crippen LogP contribution in [-0.2, 0) is 6.18 Å². The van der Waals surface area contributed by atoms with E-state index in [2.05, 4.69) is 5.32 Å². The van der Waals surface area contributed by atoms with Crippen LogP contribution in [0.5, 0.6) is 0 Å². The number of benzene rings is 2. The normalized spacial score (nSPS) is 15.3. The summed E-state index contributed by atoms with van der Waals surface area (Å²) in [5.74, 6) is -0.607. The number of carbonyl (C=O) groups is 2. The highest BCUT2D eigenvalue weighted by Crippen LogP contribution is 2.29. The number of halogens is 5. The minimum Gasteiger partial charge on any atom is -0.349 e. The number of nitrogens with zero attached hydrogens (tertiary/aromatic N) is 1. The van der Waals surface area contributed by atoms with Crippen LogP contribution in [-0.4, -0.2) is 35.8 Å². The Kier molecular flexibility index (Phi) is 6.39. The van der Waals surface area contributed by atoms with E-state index in [1.165, 1.54) is 18.2 Å². The van der Waals surface area contributed by atoms with E-state index < -0.39 is 11.7 Å². The molecule has 0 bridgehead atoms. The molecule has 2 aromatic carbocycles. The second-order valence-electron chi connectivity index (χ2n) is 6.74. The standard InChI is InChI=1S/C20H17Cl2F3N2O2/c21-16-6-3-13(11-17(16)22)18(28)26-15-7-9-27(10-8-15)19(29)12-1-4-14(5-2-12)20(23,24)25/h1-6,11,15H,7-10H2,(H,26,28). The first-order valence-electron chi connectivity index (χ1n) is 8.87. The van der Waals surface area contributed by atoms with Gasteiger partial charge in [0.2, 0.25) is 0 Å². The van der Waals surface area contributed by atoms with E-state index >= 15 is 0 Å². The Morgan fingerprint density at radius 1 is 0.931 bits per heavy atom. The summed E-state index contributed by atoms with van der Waals surface area (Å²) in [6, 6.07) is 8.66. The average Bonchev–Trinajstić information content (AvgIpc) is 2.69. The fourth-order valence-electron chi connectivity index (χ4n) is 3.12. The molecular formula is C20H17Cl2F3N2O2. The first-order chi connectivity index (χ1) is 13.6. The van der Waals surface area contributed by atoms with Gasteiger partial charge in [0.05, 0.1) is 15.6 Å². The van der Waals surface area contributed by atoms with E-state index in [0.29, 0.717) is 36.5 Å². The zero-order valence-corrected chi connectivity index (χ0v) is 16.6. The van der Waals surface area contributed by atoms with Crippen molar-refractivity contribution in [1.29, 1.82) is 0 Å². The van der Waals surface area contributed by atoms with E-state index in [0.717, 1.165) is 12.1 Å². The molecule has 1 aliphatic rings. The number of hydrogen-bond donors (Lipinski definition) is 1. The Morgan fingerprint density at radius 3 is 2.07 bits per heavy atom. The molecule has 29 heavy (non-hydrogen) atoms. The third-order valence-electron chi connectivity index (χ3n) is 4.76. The highest BCUT2D eigenvalue weighted by atomic mass is 35.5. The molecule has 1 N–H and O–H groups in total. The Hall–Kier alpha value is -2.25. The largest absolute Gasteiger partial charge is 0.416 e. The number of amides is 2. The molecule has 0 aromatic heterocycles. The topological polar surface area (TPSA) is 49.4 Å². The third kappa shape index (κ3) is 5.22. The molecule has 0 aliphatic carbocycles. The van der Waals surface area contributed by atoms with E-state index in [-0.39, 0.29) is 28.4 Å². The van der Waals surface area contributed by atoms with Crippen molar-refractivity contribution in [3.8, 4) is 0 Å². The summed E-state index contributed by atoms with van der Waals surface area (Å²) in [5.41, 5.74) is -0.197. The van der Waals surface area contributed by atoms with Gasteiger partial charge in [-0.2, -0.15) is 13.2 Å². The molecule has 0 spiro atoms. The lowest BCUT2D eigenvalue weighted by Gasteiger charge is -2.32. The molecule has 1 heterocycles. The molecule has 1 saturated heterocycles. The molecule has 1 fully saturated rings. The molecule has 154 valence electrons. The maximum atomic E-state index is 12.6. The maximum absolute atomic E-state index is 12.6. The van der Waals surface area contributed by atoms with Crippen LogP contribution in [0.25, 0.3) is 0 Å². The van der Waals surface area contributed by atoms with Crippen molar-refractivity contribution in [1.82, 2.24) is 10.2 Å².